The van der Waals surface area contributed by atoms with Gasteiger partial charge >= 0.3 is 7.12 Å². The molecule has 0 bridgehead atoms. The number of Topliss-reactive ketones (excluding diaryl/α,β-unsaturated/α-hetero) is 1. The fourth-order valence-electron chi connectivity index (χ4n) is 3.17. The molecule has 1 aliphatic rings. The third-order valence-electron chi connectivity index (χ3n) is 4.64. The van der Waals surface area contributed by atoms with Crippen molar-refractivity contribution in [2.24, 2.45) is 5.92 Å². The van der Waals surface area contributed by atoms with Crippen LogP contribution < -0.4 is 10.2 Å². The first-order valence-electron chi connectivity index (χ1n) is 9.09. The normalized spacial score (nSPS) is 17.4. The van der Waals surface area contributed by atoms with Gasteiger partial charge in [-0.2, -0.15) is 0 Å². The summed E-state index contributed by atoms with van der Waals surface area (Å²) in [7, 11) is -1.64. The highest BCUT2D eigenvalue weighted by Gasteiger charge is 2.35. The lowest BCUT2D eigenvalue weighted by molar-refractivity contribution is -0.126. The molecule has 1 aromatic rings. The van der Waals surface area contributed by atoms with E-state index in [4.69, 9.17) is 11.6 Å². The Morgan fingerprint density at radius 2 is 2.07 bits per heavy atom. The summed E-state index contributed by atoms with van der Waals surface area (Å²) < 4.78 is 13.2. The molecule has 1 saturated heterocycles. The second kappa shape index (κ2) is 9.53. The molecule has 0 aromatic heterocycles. The van der Waals surface area contributed by atoms with Crippen LogP contribution in [0.3, 0.4) is 0 Å². The monoisotopic (exact) mass is 398 g/mol. The Balaban J connectivity index is 1.87. The van der Waals surface area contributed by atoms with Crippen molar-refractivity contribution in [2.45, 2.75) is 51.5 Å². The molecular weight excluding hydrogens is 373 g/mol. The van der Waals surface area contributed by atoms with Crippen LogP contribution in [0.25, 0.3) is 0 Å². The minimum atomic E-state index is -1.64. The SMILES string of the molecule is CC(C)CC(NC(=O)CCC(=O)[C@@H]1CCN1c1ccc(F)cc1Cl)B(O)O. The second-order valence-electron chi connectivity index (χ2n) is 7.28. The Kier molecular flexibility index (Phi) is 7.64. The second-order valence-corrected chi connectivity index (χ2v) is 7.68. The van der Waals surface area contributed by atoms with Crippen molar-refractivity contribution < 1.29 is 24.0 Å². The number of anilines is 1. The summed E-state index contributed by atoms with van der Waals surface area (Å²) in [6.07, 6.45) is 1.10. The molecule has 1 unspecified atom stereocenters. The molecule has 27 heavy (non-hydrogen) atoms. The Morgan fingerprint density at radius 3 is 2.59 bits per heavy atom. The standard InChI is InChI=1S/C18H25BClFN2O4/c1-11(2)9-17(19(26)27)22-18(25)6-5-16(24)15-7-8-23(15)14-4-3-12(21)10-13(14)20/h3-4,10-11,15,17,26-27H,5-9H2,1-2H3,(H,22,25)/t15-,17?/m0/s1. The molecule has 0 radical (unpaired) electrons. The number of hydrogen-bond acceptors (Lipinski definition) is 5. The van der Waals surface area contributed by atoms with Crippen molar-refractivity contribution in [1.29, 1.82) is 0 Å². The van der Waals surface area contributed by atoms with Gasteiger partial charge in [0.2, 0.25) is 5.91 Å². The van der Waals surface area contributed by atoms with Crippen molar-refractivity contribution in [3.63, 3.8) is 0 Å². The van der Waals surface area contributed by atoms with E-state index in [9.17, 15) is 24.0 Å². The number of carbonyl (C=O) groups is 2. The topological polar surface area (TPSA) is 89.9 Å². The molecule has 0 spiro atoms. The summed E-state index contributed by atoms with van der Waals surface area (Å²) in [5.74, 6) is -1.51. The third kappa shape index (κ3) is 5.92. The number of halogens is 2. The predicted molar refractivity (Wildman–Crippen MR) is 103 cm³/mol. The minimum absolute atomic E-state index is 0.0262. The Bertz CT molecular complexity index is 689. The van der Waals surface area contributed by atoms with Gasteiger partial charge in [-0.15, -0.1) is 0 Å². The fourth-order valence-corrected chi connectivity index (χ4v) is 3.45. The summed E-state index contributed by atoms with van der Waals surface area (Å²) >= 11 is 6.06. The largest absolute Gasteiger partial charge is 0.475 e. The number of carbonyl (C=O) groups excluding carboxylic acids is 2. The summed E-state index contributed by atoms with van der Waals surface area (Å²) in [5, 5.41) is 21.5. The average Bonchev–Trinajstić information content (AvgIpc) is 2.53. The van der Waals surface area contributed by atoms with Gasteiger partial charge in [-0.25, -0.2) is 4.39 Å². The smallest absolute Gasteiger partial charge is 0.426 e. The minimum Gasteiger partial charge on any atom is -0.426 e. The van der Waals surface area contributed by atoms with Gasteiger partial charge in [-0.05, 0) is 37.0 Å². The highest BCUT2D eigenvalue weighted by Crippen LogP contribution is 2.34. The molecular formula is C18H25BClFN2O4. The van der Waals surface area contributed by atoms with E-state index in [0.717, 1.165) is 0 Å². The molecule has 2 atom stereocenters. The molecule has 9 heteroatoms. The molecule has 1 amide bonds. The molecule has 0 saturated carbocycles. The van der Waals surface area contributed by atoms with Gasteiger partial charge in [0.1, 0.15) is 5.82 Å². The van der Waals surface area contributed by atoms with Gasteiger partial charge in [-0.3, -0.25) is 9.59 Å². The first-order valence-corrected chi connectivity index (χ1v) is 9.46. The fraction of sp³-hybridized carbons (Fsp3) is 0.556. The number of ketones is 1. The van der Waals surface area contributed by atoms with Gasteiger partial charge in [-0.1, -0.05) is 25.4 Å². The van der Waals surface area contributed by atoms with Gasteiger partial charge in [0.05, 0.1) is 22.7 Å². The predicted octanol–water partition coefficient (Wildman–Crippen LogP) is 1.95. The Hall–Kier alpha value is -1.64. The maximum Gasteiger partial charge on any atom is 0.475 e. The van der Waals surface area contributed by atoms with Crippen LogP contribution in [0, 0.1) is 11.7 Å². The van der Waals surface area contributed by atoms with Crippen LogP contribution in [0.15, 0.2) is 18.2 Å². The van der Waals surface area contributed by atoms with Crippen LogP contribution in [0.4, 0.5) is 10.1 Å². The first kappa shape index (κ1) is 21.7. The molecule has 1 heterocycles. The zero-order valence-corrected chi connectivity index (χ0v) is 16.2. The number of amides is 1. The molecule has 2 rings (SSSR count). The van der Waals surface area contributed by atoms with Crippen molar-refractivity contribution in [1.82, 2.24) is 5.32 Å². The van der Waals surface area contributed by atoms with Crippen LogP contribution in [0.5, 0.6) is 0 Å². The molecule has 6 nitrogen and oxygen atoms in total. The Labute approximate surface area is 163 Å². The summed E-state index contributed by atoms with van der Waals surface area (Å²) in [6, 6.07) is 3.67. The zero-order chi connectivity index (χ0) is 20.1. The van der Waals surface area contributed by atoms with E-state index >= 15 is 0 Å². The molecule has 1 aromatic carbocycles. The van der Waals surface area contributed by atoms with Crippen molar-refractivity contribution in [3.05, 3.63) is 29.0 Å². The zero-order valence-electron chi connectivity index (χ0n) is 15.5. The summed E-state index contributed by atoms with van der Waals surface area (Å²) in [6.45, 7) is 4.47. The van der Waals surface area contributed by atoms with Gasteiger partial charge in [0, 0.05) is 19.4 Å². The highest BCUT2D eigenvalue weighted by atomic mass is 35.5. The van der Waals surface area contributed by atoms with E-state index in [-0.39, 0.29) is 35.6 Å². The van der Waals surface area contributed by atoms with E-state index in [1.807, 2.05) is 13.8 Å². The molecule has 0 aliphatic carbocycles. The number of rotatable bonds is 9. The molecule has 1 aliphatic heterocycles. The summed E-state index contributed by atoms with van der Waals surface area (Å²) in [5.41, 5.74) is 0.604. The number of benzene rings is 1. The van der Waals surface area contributed by atoms with Crippen molar-refractivity contribution in [2.75, 3.05) is 11.4 Å². The van der Waals surface area contributed by atoms with Crippen molar-refractivity contribution >= 4 is 36.1 Å². The van der Waals surface area contributed by atoms with Gasteiger partial charge in [0.25, 0.3) is 0 Å². The number of nitrogens with one attached hydrogen (secondary N) is 1. The van der Waals surface area contributed by atoms with E-state index in [0.29, 0.717) is 25.1 Å². The van der Waals surface area contributed by atoms with E-state index in [1.54, 1.807) is 11.0 Å². The maximum absolute atomic E-state index is 13.2. The van der Waals surface area contributed by atoms with Crippen LogP contribution >= 0.6 is 11.6 Å². The average molecular weight is 399 g/mol. The summed E-state index contributed by atoms with van der Waals surface area (Å²) in [4.78, 5) is 26.3. The lowest BCUT2D eigenvalue weighted by Gasteiger charge is -2.42. The molecule has 148 valence electrons. The highest BCUT2D eigenvalue weighted by molar-refractivity contribution is 6.43. The van der Waals surface area contributed by atoms with Crippen LogP contribution in [-0.2, 0) is 9.59 Å². The van der Waals surface area contributed by atoms with Crippen LogP contribution in [0.1, 0.15) is 39.5 Å². The van der Waals surface area contributed by atoms with E-state index in [2.05, 4.69) is 5.32 Å². The van der Waals surface area contributed by atoms with Crippen LogP contribution in [-0.4, -0.2) is 47.4 Å². The Morgan fingerprint density at radius 1 is 1.37 bits per heavy atom. The lowest BCUT2D eigenvalue weighted by Crippen LogP contribution is -2.53. The van der Waals surface area contributed by atoms with Gasteiger partial charge < -0.3 is 20.3 Å². The van der Waals surface area contributed by atoms with Crippen LogP contribution in [0.2, 0.25) is 5.02 Å². The molecule has 3 N–H and O–H groups in total. The van der Waals surface area contributed by atoms with Gasteiger partial charge in [0.15, 0.2) is 5.78 Å². The maximum atomic E-state index is 13.2. The van der Waals surface area contributed by atoms with E-state index in [1.165, 1.54) is 12.1 Å². The third-order valence-corrected chi connectivity index (χ3v) is 4.94. The first-order chi connectivity index (χ1) is 12.7. The number of hydrogen-bond donors (Lipinski definition) is 3. The van der Waals surface area contributed by atoms with E-state index < -0.39 is 24.8 Å². The lowest BCUT2D eigenvalue weighted by atomic mass is 9.75. The van der Waals surface area contributed by atoms with Crippen molar-refractivity contribution in [3.8, 4) is 0 Å². The number of nitrogens with zero attached hydrogens (tertiary/aromatic N) is 1. The quantitative estimate of drug-likeness (QED) is 0.553. The molecule has 1 fully saturated rings.